The average molecular weight is 257 g/mol. The van der Waals surface area contributed by atoms with Crippen molar-refractivity contribution < 1.29 is 15.0 Å². The number of amides is 1. The molecule has 2 rings (SSSR count). The van der Waals surface area contributed by atoms with Gasteiger partial charge in [-0.1, -0.05) is 24.3 Å². The van der Waals surface area contributed by atoms with E-state index in [2.05, 4.69) is 5.32 Å². The second-order valence-electron chi connectivity index (χ2n) is 4.26. The number of phenols is 2. The van der Waals surface area contributed by atoms with Crippen molar-refractivity contribution in [1.29, 1.82) is 0 Å². The summed E-state index contributed by atoms with van der Waals surface area (Å²) in [6.07, 6.45) is 0. The highest BCUT2D eigenvalue weighted by atomic mass is 16.3. The van der Waals surface area contributed by atoms with Crippen LogP contribution in [0.4, 0.5) is 0 Å². The summed E-state index contributed by atoms with van der Waals surface area (Å²) < 4.78 is 0. The fraction of sp³-hybridized carbons (Fsp3) is 0.133. The third kappa shape index (κ3) is 2.85. The van der Waals surface area contributed by atoms with Crippen LogP contribution in [0.3, 0.4) is 0 Å². The van der Waals surface area contributed by atoms with Gasteiger partial charge in [0, 0.05) is 23.2 Å². The molecular formula is C15H15NO3. The normalized spacial score (nSPS) is 10.2. The van der Waals surface area contributed by atoms with E-state index in [1.165, 1.54) is 6.07 Å². The van der Waals surface area contributed by atoms with Crippen molar-refractivity contribution >= 4 is 5.91 Å². The largest absolute Gasteiger partial charge is 0.508 e. The van der Waals surface area contributed by atoms with Crippen LogP contribution in [-0.2, 0) is 6.54 Å². The molecule has 2 aromatic carbocycles. The van der Waals surface area contributed by atoms with Crippen LogP contribution in [-0.4, -0.2) is 16.1 Å². The molecule has 0 aliphatic carbocycles. The third-order valence-corrected chi connectivity index (χ3v) is 2.98. The number of carbonyl (C=O) groups is 1. The first-order valence-corrected chi connectivity index (χ1v) is 5.93. The lowest BCUT2D eigenvalue weighted by atomic mass is 10.1. The number of carbonyl (C=O) groups excluding carboxylic acids is 1. The molecule has 4 heteroatoms. The van der Waals surface area contributed by atoms with Crippen LogP contribution in [0.5, 0.6) is 11.5 Å². The molecule has 0 fully saturated rings. The van der Waals surface area contributed by atoms with Crippen molar-refractivity contribution in [2.24, 2.45) is 0 Å². The molecule has 0 heterocycles. The predicted octanol–water partition coefficient (Wildman–Crippen LogP) is 2.34. The molecule has 19 heavy (non-hydrogen) atoms. The average Bonchev–Trinajstić information content (AvgIpc) is 2.40. The first-order valence-electron chi connectivity index (χ1n) is 5.93. The van der Waals surface area contributed by atoms with Gasteiger partial charge in [0.25, 0.3) is 5.91 Å². The van der Waals surface area contributed by atoms with Crippen molar-refractivity contribution in [2.75, 3.05) is 0 Å². The Morgan fingerprint density at radius 1 is 1.05 bits per heavy atom. The number of hydrogen-bond acceptors (Lipinski definition) is 3. The standard InChI is InChI=1S/C15H15NO3/c1-10-12(6-4-8-13(10)17)15(19)16-9-11-5-2-3-7-14(11)18/h2-8,17-18H,9H2,1H3,(H,16,19). The van der Waals surface area contributed by atoms with Gasteiger partial charge < -0.3 is 15.5 Å². The Hall–Kier alpha value is -2.49. The van der Waals surface area contributed by atoms with Gasteiger partial charge in [-0.3, -0.25) is 4.79 Å². The summed E-state index contributed by atoms with van der Waals surface area (Å²) in [4.78, 5) is 12.0. The maximum absolute atomic E-state index is 12.0. The van der Waals surface area contributed by atoms with Crippen LogP contribution in [0.1, 0.15) is 21.5 Å². The Bertz CT molecular complexity index is 608. The molecule has 0 aromatic heterocycles. The Morgan fingerprint density at radius 2 is 1.74 bits per heavy atom. The molecule has 0 saturated carbocycles. The highest BCUT2D eigenvalue weighted by Gasteiger charge is 2.11. The first kappa shape index (κ1) is 13.0. The van der Waals surface area contributed by atoms with Crippen molar-refractivity contribution in [3.05, 3.63) is 59.2 Å². The van der Waals surface area contributed by atoms with Crippen molar-refractivity contribution in [3.8, 4) is 11.5 Å². The van der Waals surface area contributed by atoms with Gasteiger partial charge in [0.05, 0.1) is 0 Å². The Morgan fingerprint density at radius 3 is 2.47 bits per heavy atom. The zero-order chi connectivity index (χ0) is 13.8. The maximum Gasteiger partial charge on any atom is 0.251 e. The lowest BCUT2D eigenvalue weighted by molar-refractivity contribution is 0.0949. The summed E-state index contributed by atoms with van der Waals surface area (Å²) in [5.41, 5.74) is 1.61. The smallest absolute Gasteiger partial charge is 0.251 e. The van der Waals surface area contributed by atoms with Crippen molar-refractivity contribution in [1.82, 2.24) is 5.32 Å². The van der Waals surface area contributed by atoms with Crippen LogP contribution >= 0.6 is 0 Å². The number of nitrogens with one attached hydrogen (secondary N) is 1. The summed E-state index contributed by atoms with van der Waals surface area (Å²) >= 11 is 0. The lowest BCUT2D eigenvalue weighted by Crippen LogP contribution is -2.23. The summed E-state index contributed by atoms with van der Waals surface area (Å²) in [6, 6.07) is 11.6. The molecule has 0 unspecified atom stereocenters. The molecule has 0 bridgehead atoms. The van der Waals surface area contributed by atoms with E-state index in [-0.39, 0.29) is 24.0 Å². The van der Waals surface area contributed by atoms with E-state index >= 15 is 0 Å². The number of hydrogen-bond donors (Lipinski definition) is 3. The predicted molar refractivity (Wildman–Crippen MR) is 72.1 cm³/mol. The van der Waals surface area contributed by atoms with Gasteiger partial charge >= 0.3 is 0 Å². The Labute approximate surface area is 111 Å². The molecule has 0 radical (unpaired) electrons. The molecule has 0 aliphatic heterocycles. The molecule has 98 valence electrons. The lowest BCUT2D eigenvalue weighted by Gasteiger charge is -2.09. The minimum absolute atomic E-state index is 0.0928. The number of aromatic hydroxyl groups is 2. The van der Waals surface area contributed by atoms with E-state index < -0.39 is 0 Å². The molecule has 0 atom stereocenters. The highest BCUT2D eigenvalue weighted by molar-refractivity contribution is 5.96. The fourth-order valence-corrected chi connectivity index (χ4v) is 1.80. The van der Waals surface area contributed by atoms with Crippen LogP contribution in [0, 0.1) is 6.92 Å². The Balaban J connectivity index is 2.10. The fourth-order valence-electron chi connectivity index (χ4n) is 1.80. The summed E-state index contributed by atoms with van der Waals surface area (Å²) in [5, 5.41) is 21.9. The second kappa shape index (κ2) is 5.44. The van der Waals surface area contributed by atoms with E-state index in [0.29, 0.717) is 16.7 Å². The van der Waals surface area contributed by atoms with Gasteiger partial charge in [0.1, 0.15) is 11.5 Å². The van der Waals surface area contributed by atoms with Gasteiger partial charge in [-0.25, -0.2) is 0 Å². The van der Waals surface area contributed by atoms with Crippen molar-refractivity contribution in [3.63, 3.8) is 0 Å². The third-order valence-electron chi connectivity index (χ3n) is 2.98. The molecule has 3 N–H and O–H groups in total. The van der Waals surface area contributed by atoms with E-state index in [0.717, 1.165) is 0 Å². The van der Waals surface area contributed by atoms with Gasteiger partial charge in [0.15, 0.2) is 0 Å². The molecule has 4 nitrogen and oxygen atoms in total. The van der Waals surface area contributed by atoms with Crippen LogP contribution in [0.25, 0.3) is 0 Å². The topological polar surface area (TPSA) is 69.6 Å². The highest BCUT2D eigenvalue weighted by Crippen LogP contribution is 2.20. The van der Waals surface area contributed by atoms with Gasteiger partial charge in [0.2, 0.25) is 0 Å². The summed E-state index contributed by atoms with van der Waals surface area (Å²) in [5.74, 6) is -0.0395. The minimum atomic E-state index is -0.281. The zero-order valence-electron chi connectivity index (χ0n) is 10.6. The zero-order valence-corrected chi connectivity index (χ0v) is 10.6. The summed E-state index contributed by atoms with van der Waals surface area (Å²) in [6.45, 7) is 1.92. The number of para-hydroxylation sites is 1. The van der Waals surface area contributed by atoms with E-state index in [1.807, 2.05) is 0 Å². The molecule has 2 aromatic rings. The number of benzene rings is 2. The second-order valence-corrected chi connectivity index (χ2v) is 4.26. The van der Waals surface area contributed by atoms with Gasteiger partial charge in [-0.15, -0.1) is 0 Å². The van der Waals surface area contributed by atoms with Crippen molar-refractivity contribution in [2.45, 2.75) is 13.5 Å². The van der Waals surface area contributed by atoms with Crippen LogP contribution in [0.2, 0.25) is 0 Å². The SMILES string of the molecule is Cc1c(O)cccc1C(=O)NCc1ccccc1O. The van der Waals surface area contributed by atoms with Gasteiger partial charge in [-0.2, -0.15) is 0 Å². The first-order chi connectivity index (χ1) is 9.09. The number of rotatable bonds is 3. The Kier molecular flexibility index (Phi) is 3.71. The molecule has 1 amide bonds. The van der Waals surface area contributed by atoms with Crippen LogP contribution < -0.4 is 5.32 Å². The number of phenolic OH excluding ortho intramolecular Hbond substituents is 2. The van der Waals surface area contributed by atoms with Crippen LogP contribution in [0.15, 0.2) is 42.5 Å². The minimum Gasteiger partial charge on any atom is -0.508 e. The molecular weight excluding hydrogens is 242 g/mol. The van der Waals surface area contributed by atoms with E-state index in [4.69, 9.17) is 0 Å². The van der Waals surface area contributed by atoms with E-state index in [1.54, 1.807) is 43.3 Å². The quantitative estimate of drug-likeness (QED) is 0.790. The summed E-state index contributed by atoms with van der Waals surface area (Å²) in [7, 11) is 0. The molecule has 0 aliphatic rings. The molecule has 0 saturated heterocycles. The van der Waals surface area contributed by atoms with Gasteiger partial charge in [-0.05, 0) is 25.1 Å². The van der Waals surface area contributed by atoms with E-state index in [9.17, 15) is 15.0 Å². The monoisotopic (exact) mass is 257 g/mol. The maximum atomic E-state index is 12.0. The molecule has 0 spiro atoms.